The van der Waals surface area contributed by atoms with Gasteiger partial charge in [0.05, 0.1) is 16.7 Å². The molecule has 0 aliphatic carbocycles. The van der Waals surface area contributed by atoms with E-state index in [4.69, 9.17) is 11.6 Å². The number of hydrogen-bond donors (Lipinski definition) is 1. The zero-order chi connectivity index (χ0) is 15.0. The third kappa shape index (κ3) is 2.87. The van der Waals surface area contributed by atoms with Crippen LogP contribution in [0, 0.1) is 5.82 Å². The Kier molecular flexibility index (Phi) is 3.59. The highest BCUT2D eigenvalue weighted by molar-refractivity contribution is 7.91. The zero-order valence-corrected chi connectivity index (χ0v) is 12.5. The molecule has 1 aromatic heterocycles. The predicted octanol–water partition coefficient (Wildman–Crippen LogP) is 3.20. The SMILES string of the molecule is O=S1(=O)CCC(Nc2ccnc(Cl)c2)c2cc(F)ccc21. The quantitative estimate of drug-likeness (QED) is 0.680. The number of benzene rings is 1. The number of nitrogens with one attached hydrogen (secondary N) is 1. The summed E-state index contributed by atoms with van der Waals surface area (Å²) in [6.07, 6.45) is 1.93. The number of fused-ring (bicyclic) bond motifs is 1. The molecule has 1 aromatic carbocycles. The molecule has 0 saturated heterocycles. The predicted molar refractivity (Wildman–Crippen MR) is 78.7 cm³/mol. The highest BCUT2D eigenvalue weighted by atomic mass is 35.5. The van der Waals surface area contributed by atoms with E-state index in [9.17, 15) is 12.8 Å². The van der Waals surface area contributed by atoms with E-state index in [0.29, 0.717) is 17.1 Å². The van der Waals surface area contributed by atoms with Gasteiger partial charge in [-0.25, -0.2) is 17.8 Å². The molecule has 0 bridgehead atoms. The summed E-state index contributed by atoms with van der Waals surface area (Å²) in [6.45, 7) is 0. The van der Waals surface area contributed by atoms with Crippen molar-refractivity contribution in [2.24, 2.45) is 0 Å². The van der Waals surface area contributed by atoms with Crippen molar-refractivity contribution in [1.29, 1.82) is 0 Å². The number of aromatic nitrogens is 1. The second-order valence-electron chi connectivity index (χ2n) is 4.85. The molecule has 1 N–H and O–H groups in total. The molecule has 1 atom stereocenters. The van der Waals surface area contributed by atoms with Gasteiger partial charge < -0.3 is 5.32 Å². The summed E-state index contributed by atoms with van der Waals surface area (Å²) in [5, 5.41) is 3.52. The molecule has 0 fully saturated rings. The smallest absolute Gasteiger partial charge is 0.178 e. The summed E-state index contributed by atoms with van der Waals surface area (Å²) in [6, 6.07) is 6.86. The minimum Gasteiger partial charge on any atom is -0.378 e. The maximum atomic E-state index is 13.5. The fourth-order valence-corrected chi connectivity index (χ4v) is 4.23. The molecule has 0 amide bonds. The van der Waals surface area contributed by atoms with Crippen molar-refractivity contribution in [1.82, 2.24) is 4.98 Å². The molecule has 0 saturated carbocycles. The third-order valence-electron chi connectivity index (χ3n) is 3.43. The van der Waals surface area contributed by atoms with E-state index >= 15 is 0 Å². The molecule has 0 spiro atoms. The molecular weight excluding hydrogens is 315 g/mol. The summed E-state index contributed by atoms with van der Waals surface area (Å²) >= 11 is 5.83. The molecular formula is C14H12ClFN2O2S. The first-order valence-electron chi connectivity index (χ1n) is 6.36. The van der Waals surface area contributed by atoms with Crippen molar-refractivity contribution in [2.75, 3.05) is 11.1 Å². The molecule has 4 nitrogen and oxygen atoms in total. The Hall–Kier alpha value is -1.66. The summed E-state index contributed by atoms with van der Waals surface area (Å²) < 4.78 is 37.6. The standard InChI is InChI=1S/C14H12ClFN2O2S/c15-14-8-10(3-5-17-14)18-12-4-6-21(19,20)13-2-1-9(16)7-11(12)13/h1-3,5,7-8,12H,4,6H2,(H,17,18). The van der Waals surface area contributed by atoms with Crippen molar-refractivity contribution in [2.45, 2.75) is 17.4 Å². The molecule has 1 aliphatic rings. The van der Waals surface area contributed by atoms with E-state index in [1.807, 2.05) is 0 Å². The monoisotopic (exact) mass is 326 g/mol. The van der Waals surface area contributed by atoms with Crippen LogP contribution in [0.2, 0.25) is 5.15 Å². The molecule has 7 heteroatoms. The van der Waals surface area contributed by atoms with E-state index < -0.39 is 15.7 Å². The lowest BCUT2D eigenvalue weighted by molar-refractivity contribution is 0.570. The second-order valence-corrected chi connectivity index (χ2v) is 7.32. The van der Waals surface area contributed by atoms with E-state index in [2.05, 4.69) is 10.3 Å². The van der Waals surface area contributed by atoms with E-state index in [-0.39, 0.29) is 16.7 Å². The lowest BCUT2D eigenvalue weighted by atomic mass is 10.0. The molecule has 1 unspecified atom stereocenters. The fourth-order valence-electron chi connectivity index (χ4n) is 2.46. The molecule has 110 valence electrons. The molecule has 2 heterocycles. The average molecular weight is 327 g/mol. The van der Waals surface area contributed by atoms with Gasteiger partial charge in [0.15, 0.2) is 9.84 Å². The number of rotatable bonds is 2. The van der Waals surface area contributed by atoms with Crippen LogP contribution in [0.25, 0.3) is 0 Å². The van der Waals surface area contributed by atoms with Crippen LogP contribution in [-0.2, 0) is 9.84 Å². The lowest BCUT2D eigenvalue weighted by Crippen LogP contribution is -2.24. The van der Waals surface area contributed by atoms with Crippen LogP contribution in [-0.4, -0.2) is 19.2 Å². The van der Waals surface area contributed by atoms with Crippen LogP contribution >= 0.6 is 11.6 Å². The Morgan fingerprint density at radius 1 is 1.29 bits per heavy atom. The first-order valence-corrected chi connectivity index (χ1v) is 8.39. The van der Waals surface area contributed by atoms with E-state index in [0.717, 1.165) is 5.69 Å². The van der Waals surface area contributed by atoms with Crippen LogP contribution in [0.4, 0.5) is 10.1 Å². The van der Waals surface area contributed by atoms with Crippen molar-refractivity contribution in [3.63, 3.8) is 0 Å². The normalized spacial score (nSPS) is 19.8. The maximum Gasteiger partial charge on any atom is 0.178 e. The topological polar surface area (TPSA) is 59.1 Å². The first-order chi connectivity index (χ1) is 9.95. The van der Waals surface area contributed by atoms with E-state index in [1.54, 1.807) is 18.3 Å². The van der Waals surface area contributed by atoms with Gasteiger partial charge in [0.25, 0.3) is 0 Å². The highest BCUT2D eigenvalue weighted by Crippen LogP contribution is 2.35. The van der Waals surface area contributed by atoms with Crippen molar-refractivity contribution in [3.05, 3.63) is 53.1 Å². The van der Waals surface area contributed by atoms with Gasteiger partial charge in [-0.3, -0.25) is 0 Å². The minimum absolute atomic E-state index is 0.0299. The van der Waals surface area contributed by atoms with Crippen molar-refractivity contribution < 1.29 is 12.8 Å². The van der Waals surface area contributed by atoms with Gasteiger partial charge in [0.2, 0.25) is 0 Å². The summed E-state index contributed by atoms with van der Waals surface area (Å²) in [5.74, 6) is -0.423. The van der Waals surface area contributed by atoms with Crippen molar-refractivity contribution >= 4 is 27.1 Å². The van der Waals surface area contributed by atoms with Gasteiger partial charge in [0.1, 0.15) is 11.0 Å². The van der Waals surface area contributed by atoms with Gasteiger partial charge in [0, 0.05) is 11.9 Å². The van der Waals surface area contributed by atoms with E-state index in [1.165, 1.54) is 18.2 Å². The zero-order valence-electron chi connectivity index (χ0n) is 10.9. The van der Waals surface area contributed by atoms with Gasteiger partial charge in [-0.05, 0) is 42.3 Å². The third-order valence-corrected chi connectivity index (χ3v) is 5.45. The van der Waals surface area contributed by atoms with Gasteiger partial charge >= 0.3 is 0 Å². The fraction of sp³-hybridized carbons (Fsp3) is 0.214. The summed E-state index contributed by atoms with van der Waals surface area (Å²) in [7, 11) is -3.34. The van der Waals surface area contributed by atoms with Gasteiger partial charge in [-0.15, -0.1) is 0 Å². The number of pyridine rings is 1. The Bertz CT molecular complexity index is 795. The highest BCUT2D eigenvalue weighted by Gasteiger charge is 2.30. The minimum atomic E-state index is -3.34. The first kappa shape index (κ1) is 14.3. The molecule has 0 radical (unpaired) electrons. The van der Waals surface area contributed by atoms with Crippen LogP contribution in [0.1, 0.15) is 18.0 Å². The number of nitrogens with zero attached hydrogens (tertiary/aromatic N) is 1. The van der Waals surface area contributed by atoms with Crippen LogP contribution in [0.5, 0.6) is 0 Å². The Balaban J connectivity index is 2.00. The molecule has 3 rings (SSSR count). The Morgan fingerprint density at radius 2 is 2.10 bits per heavy atom. The van der Waals surface area contributed by atoms with Gasteiger partial charge in [-0.1, -0.05) is 11.6 Å². The Morgan fingerprint density at radius 3 is 2.86 bits per heavy atom. The second kappa shape index (κ2) is 5.27. The Labute approximate surface area is 126 Å². The number of sulfone groups is 1. The summed E-state index contributed by atoms with van der Waals surface area (Å²) in [5.41, 5.74) is 1.17. The molecule has 2 aromatic rings. The maximum absolute atomic E-state index is 13.5. The largest absolute Gasteiger partial charge is 0.378 e. The summed E-state index contributed by atoms with van der Waals surface area (Å²) in [4.78, 5) is 4.07. The lowest BCUT2D eigenvalue weighted by Gasteiger charge is -2.27. The number of hydrogen-bond acceptors (Lipinski definition) is 4. The van der Waals surface area contributed by atoms with Crippen LogP contribution < -0.4 is 5.32 Å². The van der Waals surface area contributed by atoms with Crippen LogP contribution in [0.15, 0.2) is 41.4 Å². The van der Waals surface area contributed by atoms with Crippen LogP contribution in [0.3, 0.4) is 0 Å². The van der Waals surface area contributed by atoms with Gasteiger partial charge in [-0.2, -0.15) is 0 Å². The molecule has 21 heavy (non-hydrogen) atoms. The number of anilines is 1. The number of halogens is 2. The van der Waals surface area contributed by atoms with Crippen molar-refractivity contribution in [3.8, 4) is 0 Å². The molecule has 1 aliphatic heterocycles. The average Bonchev–Trinajstić information content (AvgIpc) is 2.42.